The molecule has 1 fully saturated rings. The third-order valence-corrected chi connectivity index (χ3v) is 4.84. The molecule has 0 spiro atoms. The Morgan fingerprint density at radius 3 is 2.82 bits per heavy atom. The second kappa shape index (κ2) is 6.72. The fourth-order valence-electron chi connectivity index (χ4n) is 2.50. The van der Waals surface area contributed by atoms with Crippen LogP contribution in [0.15, 0.2) is 5.38 Å². The van der Waals surface area contributed by atoms with Gasteiger partial charge < -0.3 is 4.90 Å². The summed E-state index contributed by atoms with van der Waals surface area (Å²) in [6.07, 6.45) is 8.05. The minimum atomic E-state index is 0.537. The zero-order valence-electron chi connectivity index (χ0n) is 10.5. The van der Waals surface area contributed by atoms with Crippen LogP contribution in [0.3, 0.4) is 0 Å². The number of nitrogens with zero attached hydrogens (tertiary/aromatic N) is 2. The van der Waals surface area contributed by atoms with Crippen LogP contribution in [0.4, 0.5) is 0 Å². The fourth-order valence-corrected chi connectivity index (χ4v) is 3.52. The number of rotatable bonds is 5. The second-order valence-corrected chi connectivity index (χ2v) is 6.10. The molecule has 0 bridgehead atoms. The van der Waals surface area contributed by atoms with Gasteiger partial charge in [0.05, 0.1) is 16.6 Å². The van der Waals surface area contributed by atoms with Crippen molar-refractivity contribution in [2.45, 2.75) is 50.4 Å². The molecule has 2 nitrogen and oxygen atoms in total. The molecule has 96 valence electrons. The maximum atomic E-state index is 5.76. The van der Waals surface area contributed by atoms with Gasteiger partial charge in [-0.1, -0.05) is 19.3 Å². The third-order valence-electron chi connectivity index (χ3n) is 3.61. The SMILES string of the molecule is CN(CCc1nc(CCl)cs1)C1CCCCC1. The Morgan fingerprint density at radius 1 is 1.41 bits per heavy atom. The largest absolute Gasteiger partial charge is 0.303 e. The molecule has 17 heavy (non-hydrogen) atoms. The van der Waals surface area contributed by atoms with Crippen molar-refractivity contribution >= 4 is 22.9 Å². The normalized spacial score (nSPS) is 17.8. The van der Waals surface area contributed by atoms with Gasteiger partial charge >= 0.3 is 0 Å². The van der Waals surface area contributed by atoms with Crippen molar-refractivity contribution in [3.05, 3.63) is 16.1 Å². The van der Waals surface area contributed by atoms with Gasteiger partial charge in [0.15, 0.2) is 0 Å². The van der Waals surface area contributed by atoms with E-state index in [1.54, 1.807) is 11.3 Å². The minimum absolute atomic E-state index is 0.537. The van der Waals surface area contributed by atoms with Gasteiger partial charge in [0.2, 0.25) is 0 Å². The number of aromatic nitrogens is 1. The van der Waals surface area contributed by atoms with Gasteiger partial charge in [0.25, 0.3) is 0 Å². The molecular weight excluding hydrogens is 252 g/mol. The topological polar surface area (TPSA) is 16.1 Å². The van der Waals surface area contributed by atoms with E-state index in [4.69, 9.17) is 11.6 Å². The monoisotopic (exact) mass is 272 g/mol. The van der Waals surface area contributed by atoms with Gasteiger partial charge in [-0.3, -0.25) is 0 Å². The van der Waals surface area contributed by atoms with Crippen molar-refractivity contribution < 1.29 is 0 Å². The first-order valence-corrected chi connectivity index (χ1v) is 7.90. The van der Waals surface area contributed by atoms with Crippen molar-refractivity contribution in [1.29, 1.82) is 0 Å². The van der Waals surface area contributed by atoms with E-state index < -0.39 is 0 Å². The number of alkyl halides is 1. The highest BCUT2D eigenvalue weighted by Gasteiger charge is 2.17. The molecule has 1 aromatic heterocycles. The van der Waals surface area contributed by atoms with Crippen LogP contribution >= 0.6 is 22.9 Å². The van der Waals surface area contributed by atoms with E-state index in [1.165, 1.54) is 37.1 Å². The highest BCUT2D eigenvalue weighted by molar-refractivity contribution is 7.09. The van der Waals surface area contributed by atoms with Crippen molar-refractivity contribution in [2.24, 2.45) is 0 Å². The molecule has 0 N–H and O–H groups in total. The summed E-state index contributed by atoms with van der Waals surface area (Å²) in [7, 11) is 2.26. The maximum absolute atomic E-state index is 5.76. The number of hydrogen-bond acceptors (Lipinski definition) is 3. The lowest BCUT2D eigenvalue weighted by Crippen LogP contribution is -2.34. The zero-order chi connectivity index (χ0) is 12.1. The van der Waals surface area contributed by atoms with Crippen molar-refractivity contribution in [3.63, 3.8) is 0 Å². The lowest BCUT2D eigenvalue weighted by molar-refractivity contribution is 0.194. The average molecular weight is 273 g/mol. The van der Waals surface area contributed by atoms with Crippen LogP contribution in [0.2, 0.25) is 0 Å². The fraction of sp³-hybridized carbons (Fsp3) is 0.769. The Labute approximate surface area is 113 Å². The van der Waals surface area contributed by atoms with Gasteiger partial charge in [0, 0.05) is 24.4 Å². The van der Waals surface area contributed by atoms with E-state index in [1.807, 2.05) is 0 Å². The van der Waals surface area contributed by atoms with E-state index in [9.17, 15) is 0 Å². The smallest absolute Gasteiger partial charge is 0.0941 e. The van der Waals surface area contributed by atoms with Gasteiger partial charge in [-0.25, -0.2) is 4.98 Å². The second-order valence-electron chi connectivity index (χ2n) is 4.89. The van der Waals surface area contributed by atoms with Gasteiger partial charge in [-0.15, -0.1) is 22.9 Å². The van der Waals surface area contributed by atoms with E-state index in [2.05, 4.69) is 22.3 Å². The highest BCUT2D eigenvalue weighted by Crippen LogP contribution is 2.22. The van der Waals surface area contributed by atoms with E-state index in [0.717, 1.165) is 24.7 Å². The summed E-state index contributed by atoms with van der Waals surface area (Å²) in [5.41, 5.74) is 1.02. The first-order valence-electron chi connectivity index (χ1n) is 6.49. The molecule has 0 saturated heterocycles. The number of halogens is 1. The molecule has 0 atom stereocenters. The molecule has 1 aliphatic carbocycles. The van der Waals surface area contributed by atoms with Crippen molar-refractivity contribution in [1.82, 2.24) is 9.88 Å². The molecule has 4 heteroatoms. The summed E-state index contributed by atoms with van der Waals surface area (Å²) in [4.78, 5) is 7.02. The molecule has 0 radical (unpaired) electrons. The van der Waals surface area contributed by atoms with Crippen LogP contribution in [0.25, 0.3) is 0 Å². The number of likely N-dealkylation sites (N-methyl/N-ethyl adjacent to an activating group) is 1. The molecule has 0 unspecified atom stereocenters. The van der Waals surface area contributed by atoms with Gasteiger partial charge in [0.1, 0.15) is 0 Å². The molecule has 1 aromatic rings. The van der Waals surface area contributed by atoms with Crippen LogP contribution in [0, 0.1) is 0 Å². The molecule has 2 rings (SSSR count). The quantitative estimate of drug-likeness (QED) is 0.760. The summed E-state index contributed by atoms with van der Waals surface area (Å²) in [5.74, 6) is 0.537. The first-order chi connectivity index (χ1) is 8.29. The molecule has 0 amide bonds. The highest BCUT2D eigenvalue weighted by atomic mass is 35.5. The predicted octanol–water partition coefficient (Wildman–Crippen LogP) is 3.69. The molecule has 0 aromatic carbocycles. The van der Waals surface area contributed by atoms with Crippen LogP contribution in [-0.2, 0) is 12.3 Å². The van der Waals surface area contributed by atoms with Crippen LogP contribution in [0.5, 0.6) is 0 Å². The van der Waals surface area contributed by atoms with Crippen LogP contribution in [-0.4, -0.2) is 29.5 Å². The van der Waals surface area contributed by atoms with Gasteiger partial charge in [-0.2, -0.15) is 0 Å². The Hall–Kier alpha value is -0.120. The molecular formula is C13H21ClN2S. The van der Waals surface area contributed by atoms with Crippen LogP contribution in [0.1, 0.15) is 42.8 Å². The maximum Gasteiger partial charge on any atom is 0.0941 e. The summed E-state index contributed by atoms with van der Waals surface area (Å²) >= 11 is 7.50. The van der Waals surface area contributed by atoms with E-state index in [0.29, 0.717) is 5.88 Å². The van der Waals surface area contributed by atoms with Crippen LogP contribution < -0.4 is 0 Å². The number of thiazole rings is 1. The van der Waals surface area contributed by atoms with Crippen molar-refractivity contribution in [3.8, 4) is 0 Å². The predicted molar refractivity (Wildman–Crippen MR) is 74.9 cm³/mol. The minimum Gasteiger partial charge on any atom is -0.303 e. The lowest BCUT2D eigenvalue weighted by Gasteiger charge is -2.30. The van der Waals surface area contributed by atoms with Gasteiger partial charge in [-0.05, 0) is 19.9 Å². The molecule has 1 aliphatic rings. The Balaban J connectivity index is 1.76. The third kappa shape index (κ3) is 3.94. The lowest BCUT2D eigenvalue weighted by atomic mass is 9.94. The summed E-state index contributed by atoms with van der Waals surface area (Å²) < 4.78 is 0. The van der Waals surface area contributed by atoms with E-state index in [-0.39, 0.29) is 0 Å². The summed E-state index contributed by atoms with van der Waals surface area (Å²) in [6, 6.07) is 0.802. The Kier molecular flexibility index (Phi) is 5.26. The summed E-state index contributed by atoms with van der Waals surface area (Å²) in [6.45, 7) is 1.12. The zero-order valence-corrected chi connectivity index (χ0v) is 12.1. The first kappa shape index (κ1) is 13.3. The number of hydrogen-bond donors (Lipinski definition) is 0. The Bertz CT molecular complexity index is 334. The van der Waals surface area contributed by atoms with Crippen molar-refractivity contribution in [2.75, 3.05) is 13.6 Å². The Morgan fingerprint density at radius 2 is 2.18 bits per heavy atom. The summed E-state index contributed by atoms with van der Waals surface area (Å²) in [5, 5.41) is 3.30. The molecule has 1 heterocycles. The average Bonchev–Trinajstić information content (AvgIpc) is 2.85. The molecule has 1 saturated carbocycles. The standard InChI is InChI=1S/C13H21ClN2S/c1-16(12-5-3-2-4-6-12)8-7-13-15-11(9-14)10-17-13/h10,12H,2-9H2,1H3. The molecule has 0 aliphatic heterocycles. The van der Waals surface area contributed by atoms with E-state index >= 15 is 0 Å².